The summed E-state index contributed by atoms with van der Waals surface area (Å²) in [5.41, 5.74) is 3.14. The van der Waals surface area contributed by atoms with Crippen LogP contribution in [0.1, 0.15) is 12.5 Å². The lowest BCUT2D eigenvalue weighted by atomic mass is 10.2. The predicted octanol–water partition coefficient (Wildman–Crippen LogP) is 3.54. The van der Waals surface area contributed by atoms with Crippen molar-refractivity contribution in [3.8, 4) is 0 Å². The van der Waals surface area contributed by atoms with Gasteiger partial charge in [-0.1, -0.05) is 18.2 Å². The Kier molecular flexibility index (Phi) is 3.89. The summed E-state index contributed by atoms with van der Waals surface area (Å²) in [4.78, 5) is 0. The summed E-state index contributed by atoms with van der Waals surface area (Å²) in [6, 6.07) is 16.5. The Labute approximate surface area is 129 Å². The summed E-state index contributed by atoms with van der Waals surface area (Å²) in [7, 11) is 0. The molecular weight excluding hydrogens is 276 g/mol. The van der Waals surface area contributed by atoms with Crippen LogP contribution in [-0.2, 0) is 0 Å². The molecule has 0 fully saturated rings. The topological polar surface area (TPSA) is 60.5 Å². The van der Waals surface area contributed by atoms with Gasteiger partial charge in [0.1, 0.15) is 11.3 Å². The lowest BCUT2D eigenvalue weighted by Crippen LogP contribution is -2.35. The molecule has 110 valence electrons. The molecule has 1 aliphatic rings. The van der Waals surface area contributed by atoms with Gasteiger partial charge < -0.3 is 5.11 Å². The smallest absolute Gasteiger partial charge is 0.177 e. The van der Waals surface area contributed by atoms with Crippen molar-refractivity contribution in [1.29, 1.82) is 0 Å². The molecule has 1 heterocycles. The largest absolute Gasteiger partial charge is 0.369 e. The van der Waals surface area contributed by atoms with E-state index in [9.17, 15) is 5.11 Å². The van der Waals surface area contributed by atoms with Gasteiger partial charge in [0.25, 0.3) is 0 Å². The summed E-state index contributed by atoms with van der Waals surface area (Å²) in [5, 5.41) is 24.8. The van der Waals surface area contributed by atoms with Gasteiger partial charge in [-0.25, -0.2) is 5.01 Å². The number of azo groups is 1. The zero-order valence-electron chi connectivity index (χ0n) is 12.3. The van der Waals surface area contributed by atoms with Crippen molar-refractivity contribution in [1.82, 2.24) is 0 Å². The van der Waals surface area contributed by atoms with Crippen LogP contribution < -0.4 is 5.01 Å². The number of anilines is 1. The van der Waals surface area contributed by atoms with E-state index in [0.717, 1.165) is 17.0 Å². The Morgan fingerprint density at radius 1 is 1.14 bits per heavy atom. The first kappa shape index (κ1) is 14.3. The molecule has 0 aliphatic carbocycles. The van der Waals surface area contributed by atoms with E-state index < -0.39 is 12.3 Å². The SMILES string of the molecule is [CH2+]c1cccc(N=NC2C(C)=NN(c3ccccc3)C2O)c1. The minimum absolute atomic E-state index is 0.478. The second-order valence-electron chi connectivity index (χ2n) is 5.17. The van der Waals surface area contributed by atoms with Crippen LogP contribution in [0.15, 0.2) is 69.9 Å². The summed E-state index contributed by atoms with van der Waals surface area (Å²) in [6.45, 7) is 5.70. The molecule has 2 aromatic carbocycles. The number of hydrazone groups is 1. The summed E-state index contributed by atoms with van der Waals surface area (Å²) >= 11 is 0. The highest BCUT2D eigenvalue weighted by molar-refractivity contribution is 5.91. The molecule has 0 radical (unpaired) electrons. The van der Waals surface area contributed by atoms with E-state index >= 15 is 0 Å². The van der Waals surface area contributed by atoms with Gasteiger partial charge in [-0.3, -0.25) is 0 Å². The van der Waals surface area contributed by atoms with Gasteiger partial charge in [0.2, 0.25) is 0 Å². The van der Waals surface area contributed by atoms with Gasteiger partial charge in [-0.2, -0.15) is 10.2 Å². The average Bonchev–Trinajstić information content (AvgIpc) is 2.81. The first-order valence-corrected chi connectivity index (χ1v) is 7.05. The monoisotopic (exact) mass is 293 g/mol. The second-order valence-corrected chi connectivity index (χ2v) is 5.17. The van der Waals surface area contributed by atoms with E-state index in [1.54, 1.807) is 5.01 Å². The molecule has 2 unspecified atom stereocenters. The number of nitrogens with zero attached hydrogens (tertiary/aromatic N) is 4. The Balaban J connectivity index is 1.80. The standard InChI is InChI=1S/C17H17N4O/c1-12-7-6-8-14(11-12)18-19-16-13(2)20-21(17(16)22)15-9-4-3-5-10-15/h3-11,16-17,22H,1H2,2H3/q+1. The number of aliphatic hydroxyl groups excluding tert-OH is 1. The molecular formula is C17H17N4O+. The molecule has 5 heteroatoms. The minimum atomic E-state index is -0.853. The van der Waals surface area contributed by atoms with Crippen molar-refractivity contribution in [3.05, 3.63) is 67.1 Å². The maximum absolute atomic E-state index is 10.5. The van der Waals surface area contributed by atoms with Crippen molar-refractivity contribution in [2.45, 2.75) is 19.2 Å². The van der Waals surface area contributed by atoms with Gasteiger partial charge >= 0.3 is 0 Å². The quantitative estimate of drug-likeness (QED) is 0.695. The lowest BCUT2D eigenvalue weighted by Gasteiger charge is -2.20. The third-order valence-corrected chi connectivity index (χ3v) is 3.46. The number of para-hydroxylation sites is 1. The molecule has 0 saturated carbocycles. The fourth-order valence-corrected chi connectivity index (χ4v) is 2.32. The predicted molar refractivity (Wildman–Crippen MR) is 87.2 cm³/mol. The van der Waals surface area contributed by atoms with E-state index in [1.165, 1.54) is 0 Å². The van der Waals surface area contributed by atoms with Gasteiger partial charge in [-0.15, -0.1) is 5.11 Å². The molecule has 0 amide bonds. The summed E-state index contributed by atoms with van der Waals surface area (Å²) < 4.78 is 0. The van der Waals surface area contributed by atoms with Crippen LogP contribution in [0.2, 0.25) is 0 Å². The zero-order valence-corrected chi connectivity index (χ0v) is 12.3. The highest BCUT2D eigenvalue weighted by Gasteiger charge is 2.34. The number of rotatable bonds is 3. The molecule has 3 rings (SSSR count). The molecule has 1 aliphatic heterocycles. The number of hydrogen-bond donors (Lipinski definition) is 1. The van der Waals surface area contributed by atoms with Crippen LogP contribution in [0, 0.1) is 6.92 Å². The van der Waals surface area contributed by atoms with E-state index in [2.05, 4.69) is 22.3 Å². The highest BCUT2D eigenvalue weighted by atomic mass is 16.3. The Bertz CT molecular complexity index is 712. The maximum atomic E-state index is 10.5. The molecule has 2 atom stereocenters. The van der Waals surface area contributed by atoms with Crippen LogP contribution in [0.3, 0.4) is 0 Å². The van der Waals surface area contributed by atoms with Gasteiger partial charge in [0.05, 0.1) is 17.5 Å². The van der Waals surface area contributed by atoms with Crippen LogP contribution >= 0.6 is 0 Å². The summed E-state index contributed by atoms with van der Waals surface area (Å²) in [6.07, 6.45) is -0.853. The molecule has 5 nitrogen and oxygen atoms in total. The first-order chi connectivity index (χ1) is 10.6. The third kappa shape index (κ3) is 2.84. The maximum Gasteiger partial charge on any atom is 0.177 e. The lowest BCUT2D eigenvalue weighted by molar-refractivity contribution is 0.170. The fourth-order valence-electron chi connectivity index (χ4n) is 2.32. The first-order valence-electron chi connectivity index (χ1n) is 7.05. The average molecular weight is 293 g/mol. The molecule has 0 spiro atoms. The van der Waals surface area contributed by atoms with E-state index in [4.69, 9.17) is 0 Å². The van der Waals surface area contributed by atoms with Crippen molar-refractivity contribution < 1.29 is 5.11 Å². The Morgan fingerprint density at radius 2 is 1.91 bits per heavy atom. The molecule has 0 bridgehead atoms. The van der Waals surface area contributed by atoms with Crippen molar-refractivity contribution in [2.24, 2.45) is 15.3 Å². The van der Waals surface area contributed by atoms with E-state index in [1.807, 2.05) is 61.5 Å². The highest BCUT2D eigenvalue weighted by Crippen LogP contribution is 2.26. The van der Waals surface area contributed by atoms with Crippen LogP contribution in [-0.4, -0.2) is 23.1 Å². The number of aliphatic hydroxyl groups is 1. The van der Waals surface area contributed by atoms with Crippen LogP contribution in [0.5, 0.6) is 0 Å². The molecule has 22 heavy (non-hydrogen) atoms. The van der Waals surface area contributed by atoms with Gasteiger partial charge in [0, 0.05) is 13.0 Å². The molecule has 0 saturated heterocycles. The molecule has 0 aromatic heterocycles. The fraction of sp³-hybridized carbons (Fsp3) is 0.176. The number of benzene rings is 2. The molecule has 1 N–H and O–H groups in total. The van der Waals surface area contributed by atoms with E-state index in [0.29, 0.717) is 5.69 Å². The van der Waals surface area contributed by atoms with Crippen LogP contribution in [0.4, 0.5) is 11.4 Å². The van der Waals surface area contributed by atoms with Crippen molar-refractivity contribution >= 4 is 17.1 Å². The van der Waals surface area contributed by atoms with E-state index in [-0.39, 0.29) is 0 Å². The van der Waals surface area contributed by atoms with Gasteiger partial charge in [-0.05, 0) is 31.2 Å². The number of hydrogen-bond acceptors (Lipinski definition) is 5. The third-order valence-electron chi connectivity index (χ3n) is 3.46. The van der Waals surface area contributed by atoms with Crippen LogP contribution in [0.25, 0.3) is 0 Å². The van der Waals surface area contributed by atoms with Crippen molar-refractivity contribution in [3.63, 3.8) is 0 Å². The molecule has 2 aromatic rings. The van der Waals surface area contributed by atoms with Gasteiger partial charge in [0.15, 0.2) is 12.3 Å². The Hall–Kier alpha value is -2.66. The second kappa shape index (κ2) is 5.99. The van der Waals surface area contributed by atoms with Crippen molar-refractivity contribution in [2.75, 3.05) is 5.01 Å². The Morgan fingerprint density at radius 3 is 2.64 bits per heavy atom. The summed E-state index contributed by atoms with van der Waals surface area (Å²) in [5.74, 6) is 0. The minimum Gasteiger partial charge on any atom is -0.369 e. The normalized spacial score (nSPS) is 21.4. The zero-order chi connectivity index (χ0) is 15.5.